The van der Waals surface area contributed by atoms with Crippen molar-refractivity contribution in [1.29, 1.82) is 0 Å². The van der Waals surface area contributed by atoms with E-state index in [9.17, 15) is 4.79 Å². The van der Waals surface area contributed by atoms with Crippen LogP contribution >= 0.6 is 0 Å². The Hall–Kier alpha value is -0.610. The van der Waals surface area contributed by atoms with E-state index < -0.39 is 0 Å². The number of hydrogen-bond donors (Lipinski definition) is 1. The van der Waals surface area contributed by atoms with Crippen molar-refractivity contribution >= 4 is 5.97 Å². The van der Waals surface area contributed by atoms with Crippen LogP contribution in [0.1, 0.15) is 38.5 Å². The zero-order valence-corrected chi connectivity index (χ0v) is 11.7. The van der Waals surface area contributed by atoms with Gasteiger partial charge in [0, 0.05) is 6.04 Å². The molecule has 1 aliphatic heterocycles. The van der Waals surface area contributed by atoms with E-state index in [1.54, 1.807) is 0 Å². The zero-order valence-electron chi connectivity index (χ0n) is 11.7. The summed E-state index contributed by atoms with van der Waals surface area (Å²) in [7, 11) is 4.12. The van der Waals surface area contributed by atoms with Gasteiger partial charge in [-0.05, 0) is 65.7 Å². The molecule has 2 fully saturated rings. The molecule has 0 spiro atoms. The maximum atomic E-state index is 12.1. The molecule has 0 unspecified atom stereocenters. The van der Waals surface area contributed by atoms with Crippen molar-refractivity contribution in [2.45, 2.75) is 50.7 Å². The Morgan fingerprint density at radius 3 is 2.28 bits per heavy atom. The Morgan fingerprint density at radius 2 is 1.72 bits per heavy atom. The molecule has 104 valence electrons. The van der Waals surface area contributed by atoms with Crippen LogP contribution in [0, 0.1) is 5.92 Å². The first-order valence-electron chi connectivity index (χ1n) is 7.25. The van der Waals surface area contributed by atoms with Crippen molar-refractivity contribution in [3.8, 4) is 0 Å². The highest BCUT2D eigenvalue weighted by Gasteiger charge is 2.28. The summed E-state index contributed by atoms with van der Waals surface area (Å²) in [4.78, 5) is 14.3. The van der Waals surface area contributed by atoms with Gasteiger partial charge in [-0.25, -0.2) is 0 Å². The predicted octanol–water partition coefficient (Wildman–Crippen LogP) is 1.40. The van der Waals surface area contributed by atoms with Crippen LogP contribution in [0.2, 0.25) is 0 Å². The first-order valence-corrected chi connectivity index (χ1v) is 7.25. The summed E-state index contributed by atoms with van der Waals surface area (Å²) in [6.45, 7) is 2.04. The average molecular weight is 254 g/mol. The van der Waals surface area contributed by atoms with Gasteiger partial charge in [0.15, 0.2) is 0 Å². The lowest BCUT2D eigenvalue weighted by molar-refractivity contribution is -0.157. The van der Waals surface area contributed by atoms with Gasteiger partial charge in [-0.1, -0.05) is 0 Å². The van der Waals surface area contributed by atoms with Gasteiger partial charge in [0.25, 0.3) is 0 Å². The fourth-order valence-electron chi connectivity index (χ4n) is 2.97. The minimum atomic E-state index is 0.0519. The quantitative estimate of drug-likeness (QED) is 0.773. The standard InChI is InChI=1S/C14H26N2O2/c1-15-12-3-5-13(6-4-12)18-14(17)11-7-9-16(2)10-8-11/h11-13,15H,3-10H2,1-2H3. The van der Waals surface area contributed by atoms with E-state index in [1.807, 2.05) is 7.05 Å². The second kappa shape index (κ2) is 6.53. The Morgan fingerprint density at radius 1 is 1.11 bits per heavy atom. The Labute approximate surface area is 110 Å². The van der Waals surface area contributed by atoms with Crippen molar-refractivity contribution in [1.82, 2.24) is 10.2 Å². The summed E-state index contributed by atoms with van der Waals surface area (Å²) < 4.78 is 5.67. The summed E-state index contributed by atoms with van der Waals surface area (Å²) in [5.41, 5.74) is 0. The van der Waals surface area contributed by atoms with E-state index in [0.29, 0.717) is 6.04 Å². The number of carbonyl (C=O) groups is 1. The number of hydrogen-bond acceptors (Lipinski definition) is 4. The monoisotopic (exact) mass is 254 g/mol. The second-order valence-electron chi connectivity index (χ2n) is 5.78. The van der Waals surface area contributed by atoms with E-state index in [2.05, 4.69) is 17.3 Å². The molecule has 2 rings (SSSR count). The van der Waals surface area contributed by atoms with E-state index in [0.717, 1.165) is 51.6 Å². The largest absolute Gasteiger partial charge is 0.462 e. The molecule has 0 amide bonds. The average Bonchev–Trinajstić information content (AvgIpc) is 2.40. The molecule has 1 N–H and O–H groups in total. The van der Waals surface area contributed by atoms with Gasteiger partial charge in [0.1, 0.15) is 6.10 Å². The maximum Gasteiger partial charge on any atom is 0.309 e. The first kappa shape index (κ1) is 13.8. The molecular weight excluding hydrogens is 228 g/mol. The molecular formula is C14H26N2O2. The molecule has 4 heteroatoms. The SMILES string of the molecule is CNC1CCC(OC(=O)C2CCN(C)CC2)CC1. The van der Waals surface area contributed by atoms with Crippen molar-refractivity contribution in [3.63, 3.8) is 0 Å². The molecule has 18 heavy (non-hydrogen) atoms. The summed E-state index contributed by atoms with van der Waals surface area (Å²) in [6.07, 6.45) is 6.38. The van der Waals surface area contributed by atoms with Crippen LogP contribution in [0.3, 0.4) is 0 Å². The van der Waals surface area contributed by atoms with Crippen molar-refractivity contribution < 1.29 is 9.53 Å². The lowest BCUT2D eigenvalue weighted by atomic mass is 9.92. The Balaban J connectivity index is 1.71. The van der Waals surface area contributed by atoms with Crippen molar-refractivity contribution in [2.24, 2.45) is 5.92 Å². The summed E-state index contributed by atoms with van der Waals surface area (Å²) in [5, 5.41) is 3.30. The van der Waals surface area contributed by atoms with E-state index in [-0.39, 0.29) is 18.0 Å². The number of carbonyl (C=O) groups excluding carboxylic acids is 1. The molecule has 1 aliphatic carbocycles. The molecule has 0 aromatic carbocycles. The van der Waals surface area contributed by atoms with Gasteiger partial charge in [-0.3, -0.25) is 4.79 Å². The molecule has 1 heterocycles. The minimum absolute atomic E-state index is 0.0519. The molecule has 2 aliphatic rings. The number of piperidine rings is 1. The fraction of sp³-hybridized carbons (Fsp3) is 0.929. The van der Waals surface area contributed by atoms with Crippen LogP contribution in [-0.2, 0) is 9.53 Å². The molecule has 1 saturated heterocycles. The van der Waals surface area contributed by atoms with Crippen LogP contribution in [0.15, 0.2) is 0 Å². The molecule has 1 saturated carbocycles. The van der Waals surface area contributed by atoms with Gasteiger partial charge < -0.3 is 15.0 Å². The Kier molecular flexibility index (Phi) is 5.01. The number of nitrogens with zero attached hydrogens (tertiary/aromatic N) is 1. The van der Waals surface area contributed by atoms with Crippen LogP contribution in [0.25, 0.3) is 0 Å². The van der Waals surface area contributed by atoms with Crippen LogP contribution in [0.5, 0.6) is 0 Å². The fourth-order valence-corrected chi connectivity index (χ4v) is 2.97. The molecule has 0 aromatic rings. The summed E-state index contributed by atoms with van der Waals surface area (Å²) in [5.74, 6) is 0.194. The molecule has 0 aromatic heterocycles. The molecule has 0 radical (unpaired) electrons. The maximum absolute atomic E-state index is 12.1. The van der Waals surface area contributed by atoms with Gasteiger partial charge in [-0.15, -0.1) is 0 Å². The predicted molar refractivity (Wildman–Crippen MR) is 71.4 cm³/mol. The smallest absolute Gasteiger partial charge is 0.309 e. The number of nitrogens with one attached hydrogen (secondary N) is 1. The van der Waals surface area contributed by atoms with Crippen LogP contribution in [-0.4, -0.2) is 50.2 Å². The van der Waals surface area contributed by atoms with E-state index in [4.69, 9.17) is 4.74 Å². The van der Waals surface area contributed by atoms with Gasteiger partial charge in [0.05, 0.1) is 5.92 Å². The third-order valence-electron chi connectivity index (χ3n) is 4.42. The third-order valence-corrected chi connectivity index (χ3v) is 4.42. The van der Waals surface area contributed by atoms with Gasteiger partial charge in [0.2, 0.25) is 0 Å². The number of likely N-dealkylation sites (tertiary alicyclic amines) is 1. The van der Waals surface area contributed by atoms with E-state index >= 15 is 0 Å². The lowest BCUT2D eigenvalue weighted by Crippen LogP contribution is -2.37. The third kappa shape index (κ3) is 3.69. The van der Waals surface area contributed by atoms with Gasteiger partial charge >= 0.3 is 5.97 Å². The van der Waals surface area contributed by atoms with Crippen molar-refractivity contribution in [2.75, 3.05) is 27.2 Å². The van der Waals surface area contributed by atoms with Gasteiger partial charge in [-0.2, -0.15) is 0 Å². The number of rotatable bonds is 3. The highest BCUT2D eigenvalue weighted by atomic mass is 16.5. The molecule has 4 nitrogen and oxygen atoms in total. The zero-order chi connectivity index (χ0) is 13.0. The van der Waals surface area contributed by atoms with Crippen molar-refractivity contribution in [3.05, 3.63) is 0 Å². The lowest BCUT2D eigenvalue weighted by Gasteiger charge is -2.31. The molecule has 0 bridgehead atoms. The first-order chi connectivity index (χ1) is 8.69. The van der Waals surface area contributed by atoms with E-state index in [1.165, 1.54) is 0 Å². The normalized spacial score (nSPS) is 31.2. The topological polar surface area (TPSA) is 41.6 Å². The summed E-state index contributed by atoms with van der Waals surface area (Å²) >= 11 is 0. The number of ether oxygens (including phenoxy) is 1. The highest BCUT2D eigenvalue weighted by molar-refractivity contribution is 5.72. The van der Waals surface area contributed by atoms with Crippen LogP contribution < -0.4 is 5.32 Å². The highest BCUT2D eigenvalue weighted by Crippen LogP contribution is 2.24. The summed E-state index contributed by atoms with van der Waals surface area (Å²) in [6, 6.07) is 0.614. The Bertz CT molecular complexity index is 267. The second-order valence-corrected chi connectivity index (χ2v) is 5.78. The number of esters is 1. The molecule has 0 atom stereocenters. The minimum Gasteiger partial charge on any atom is -0.462 e. The van der Waals surface area contributed by atoms with Crippen LogP contribution in [0.4, 0.5) is 0 Å².